The number of carbonyl (C=O) groups is 4. The highest BCUT2D eigenvalue weighted by Crippen LogP contribution is 2.23. The zero-order valence-electron chi connectivity index (χ0n) is 22.9. The Morgan fingerprint density at radius 1 is 0.905 bits per heavy atom. The standard InChI is InChI=1S/C32H32N4O6/c37-29-16-6-1-2-7-17-30(38)42-28(25-12-4-3-5-13-25)22-36(29)21-24-11-8-10-23(18-24)20-33-34-31(39)26-14-9-15-27(19-26)32(40)35-41/h1-5,8-15,18-20,28,41H,6-7,16-17,21-22H2,(H,34,39)(H,35,40)/b2-1+,33-20+/t28-/m0/s1. The van der Waals surface area contributed by atoms with Crippen LogP contribution >= 0.6 is 0 Å². The number of esters is 1. The first kappa shape index (κ1) is 29.9. The van der Waals surface area contributed by atoms with E-state index in [1.165, 1.54) is 36.0 Å². The Balaban J connectivity index is 1.48. The fourth-order valence-corrected chi connectivity index (χ4v) is 4.44. The van der Waals surface area contributed by atoms with Crippen LogP contribution in [-0.4, -0.2) is 46.6 Å². The van der Waals surface area contributed by atoms with Gasteiger partial charge in [0.05, 0.1) is 12.8 Å². The van der Waals surface area contributed by atoms with Gasteiger partial charge in [0.2, 0.25) is 5.91 Å². The Morgan fingerprint density at radius 2 is 1.62 bits per heavy atom. The van der Waals surface area contributed by atoms with Crippen LogP contribution in [0.25, 0.3) is 0 Å². The summed E-state index contributed by atoms with van der Waals surface area (Å²) in [5.41, 5.74) is 6.61. The van der Waals surface area contributed by atoms with E-state index >= 15 is 0 Å². The third-order valence-corrected chi connectivity index (χ3v) is 6.58. The van der Waals surface area contributed by atoms with Crippen LogP contribution in [0.1, 0.15) is 69.2 Å². The summed E-state index contributed by atoms with van der Waals surface area (Å²) in [5.74, 6) is -1.63. The van der Waals surface area contributed by atoms with E-state index in [2.05, 4.69) is 10.5 Å². The lowest BCUT2D eigenvalue weighted by atomic mass is 10.1. The Bertz CT molecular complexity index is 1470. The number of hydrogen-bond donors (Lipinski definition) is 3. The molecule has 0 aliphatic carbocycles. The minimum absolute atomic E-state index is 0.0550. The number of nitrogens with one attached hydrogen (secondary N) is 2. The van der Waals surface area contributed by atoms with E-state index in [9.17, 15) is 19.2 Å². The molecule has 3 aromatic rings. The molecule has 0 saturated carbocycles. The van der Waals surface area contributed by atoms with Gasteiger partial charge >= 0.3 is 5.97 Å². The Hall–Kier alpha value is -5.09. The van der Waals surface area contributed by atoms with Crippen LogP contribution in [0.5, 0.6) is 0 Å². The van der Waals surface area contributed by atoms with Crippen molar-refractivity contribution in [2.45, 2.75) is 38.3 Å². The fourth-order valence-electron chi connectivity index (χ4n) is 4.44. The van der Waals surface area contributed by atoms with Gasteiger partial charge in [-0.25, -0.2) is 10.9 Å². The van der Waals surface area contributed by atoms with E-state index in [0.717, 1.165) is 11.1 Å². The van der Waals surface area contributed by atoms with Gasteiger partial charge in [0.25, 0.3) is 11.8 Å². The van der Waals surface area contributed by atoms with Crippen molar-refractivity contribution in [3.8, 4) is 0 Å². The molecule has 10 nitrogen and oxygen atoms in total. The highest BCUT2D eigenvalue weighted by atomic mass is 16.5. The van der Waals surface area contributed by atoms with E-state index in [1.807, 2.05) is 66.7 Å². The van der Waals surface area contributed by atoms with Crippen LogP contribution in [0.3, 0.4) is 0 Å². The second-order valence-electron chi connectivity index (χ2n) is 9.68. The number of cyclic esters (lactones) is 1. The van der Waals surface area contributed by atoms with Crippen molar-refractivity contribution < 1.29 is 29.1 Å². The normalized spacial score (nSPS) is 17.1. The molecule has 42 heavy (non-hydrogen) atoms. The predicted octanol–water partition coefficient (Wildman–Crippen LogP) is 4.31. The maximum Gasteiger partial charge on any atom is 0.306 e. The molecule has 0 radical (unpaired) electrons. The maximum absolute atomic E-state index is 13.3. The highest BCUT2D eigenvalue weighted by molar-refractivity contribution is 5.99. The van der Waals surface area contributed by atoms with Gasteiger partial charge in [-0.05, 0) is 53.8 Å². The lowest BCUT2D eigenvalue weighted by molar-refractivity contribution is -0.152. The third-order valence-electron chi connectivity index (χ3n) is 6.58. The Kier molecular flexibility index (Phi) is 10.7. The van der Waals surface area contributed by atoms with Gasteiger partial charge in [-0.1, -0.05) is 66.7 Å². The number of hydrogen-bond acceptors (Lipinski definition) is 7. The summed E-state index contributed by atoms with van der Waals surface area (Å²) in [7, 11) is 0. The fraction of sp³-hybridized carbons (Fsp3) is 0.219. The molecule has 1 atom stereocenters. The van der Waals surface area contributed by atoms with Crippen LogP contribution in [0, 0.1) is 0 Å². The van der Waals surface area contributed by atoms with Gasteiger partial charge in [0.1, 0.15) is 6.10 Å². The molecule has 1 heterocycles. The molecule has 3 aromatic carbocycles. The smallest absolute Gasteiger partial charge is 0.306 e. The number of hydroxylamine groups is 1. The minimum Gasteiger partial charge on any atom is -0.456 e. The van der Waals surface area contributed by atoms with E-state index in [1.54, 1.807) is 4.90 Å². The number of allylic oxidation sites excluding steroid dienone is 2. The molecule has 0 bridgehead atoms. The summed E-state index contributed by atoms with van der Waals surface area (Å²) in [6.45, 7) is 0.497. The molecule has 0 spiro atoms. The van der Waals surface area contributed by atoms with Crippen molar-refractivity contribution >= 4 is 29.9 Å². The van der Waals surface area contributed by atoms with E-state index < -0.39 is 17.9 Å². The average molecular weight is 569 g/mol. The maximum atomic E-state index is 13.3. The van der Waals surface area contributed by atoms with E-state index in [-0.39, 0.29) is 42.5 Å². The van der Waals surface area contributed by atoms with Crippen molar-refractivity contribution in [3.05, 3.63) is 119 Å². The summed E-state index contributed by atoms with van der Waals surface area (Å²) in [6, 6.07) is 22.6. The molecular weight excluding hydrogens is 536 g/mol. The molecule has 3 N–H and O–H groups in total. The molecule has 216 valence electrons. The number of benzene rings is 3. The van der Waals surface area contributed by atoms with Gasteiger partial charge < -0.3 is 9.64 Å². The van der Waals surface area contributed by atoms with Crippen LogP contribution in [0.4, 0.5) is 0 Å². The molecule has 10 heteroatoms. The number of ether oxygens (including phenoxy) is 1. The van der Waals surface area contributed by atoms with Crippen LogP contribution in [-0.2, 0) is 20.9 Å². The largest absolute Gasteiger partial charge is 0.456 e. The SMILES string of the molecule is O=C1CC/C=C/CCC(=O)N(Cc2cccc(/C=N/NC(=O)c3cccc(C(=O)NO)c3)c2)C[C@@H](c2ccccc2)O1. The number of rotatable bonds is 7. The topological polar surface area (TPSA) is 137 Å². The van der Waals surface area contributed by atoms with E-state index in [4.69, 9.17) is 9.94 Å². The Labute approximate surface area is 243 Å². The molecular formula is C32H32N4O6. The molecule has 0 saturated heterocycles. The summed E-state index contributed by atoms with van der Waals surface area (Å²) in [6.07, 6.45) is 6.46. The first-order valence-electron chi connectivity index (χ1n) is 13.6. The van der Waals surface area contributed by atoms with Gasteiger partial charge in [-0.15, -0.1) is 0 Å². The lowest BCUT2D eigenvalue weighted by Crippen LogP contribution is -2.35. The third kappa shape index (κ3) is 8.70. The predicted molar refractivity (Wildman–Crippen MR) is 155 cm³/mol. The van der Waals surface area contributed by atoms with Gasteiger partial charge in [0, 0.05) is 30.5 Å². The molecule has 1 aliphatic heterocycles. The summed E-state index contributed by atoms with van der Waals surface area (Å²) < 4.78 is 5.83. The van der Waals surface area contributed by atoms with Crippen molar-refractivity contribution in [2.75, 3.05) is 6.54 Å². The van der Waals surface area contributed by atoms with Crippen LogP contribution in [0.15, 0.2) is 96.1 Å². The van der Waals surface area contributed by atoms with Crippen molar-refractivity contribution in [2.24, 2.45) is 5.10 Å². The van der Waals surface area contributed by atoms with Gasteiger partial charge in [-0.3, -0.25) is 24.4 Å². The molecule has 0 aromatic heterocycles. The van der Waals surface area contributed by atoms with Crippen molar-refractivity contribution in [1.82, 2.24) is 15.8 Å². The number of amides is 3. The van der Waals surface area contributed by atoms with Crippen molar-refractivity contribution in [1.29, 1.82) is 0 Å². The van der Waals surface area contributed by atoms with Crippen LogP contribution < -0.4 is 10.9 Å². The zero-order chi connectivity index (χ0) is 29.7. The number of nitrogens with zero attached hydrogens (tertiary/aromatic N) is 2. The number of carbonyl (C=O) groups excluding carboxylic acids is 4. The second kappa shape index (κ2) is 15.1. The quantitative estimate of drug-likeness (QED) is 0.128. The lowest BCUT2D eigenvalue weighted by Gasteiger charge is -2.28. The minimum atomic E-state index is -0.731. The molecule has 3 amide bonds. The average Bonchev–Trinajstić information content (AvgIpc) is 3.01. The molecule has 1 aliphatic rings. The first-order chi connectivity index (χ1) is 20.4. The molecule has 0 fully saturated rings. The first-order valence-corrected chi connectivity index (χ1v) is 13.6. The second-order valence-corrected chi connectivity index (χ2v) is 9.68. The van der Waals surface area contributed by atoms with Crippen molar-refractivity contribution in [3.63, 3.8) is 0 Å². The van der Waals surface area contributed by atoms with Crippen LogP contribution in [0.2, 0.25) is 0 Å². The van der Waals surface area contributed by atoms with Gasteiger partial charge in [-0.2, -0.15) is 5.10 Å². The summed E-state index contributed by atoms with van der Waals surface area (Å²) >= 11 is 0. The monoisotopic (exact) mass is 568 g/mol. The summed E-state index contributed by atoms with van der Waals surface area (Å²) in [5, 5.41) is 12.8. The zero-order valence-corrected chi connectivity index (χ0v) is 22.9. The number of hydrazone groups is 1. The molecule has 0 unspecified atom stereocenters. The van der Waals surface area contributed by atoms with Gasteiger partial charge in [0.15, 0.2) is 0 Å². The molecule has 4 rings (SSSR count). The van der Waals surface area contributed by atoms with E-state index in [0.29, 0.717) is 24.8 Å². The highest BCUT2D eigenvalue weighted by Gasteiger charge is 2.24. The summed E-state index contributed by atoms with van der Waals surface area (Å²) in [4.78, 5) is 51.6. The Morgan fingerprint density at radius 3 is 2.38 bits per heavy atom.